The second-order valence-corrected chi connectivity index (χ2v) is 7.33. The lowest BCUT2D eigenvalue weighted by atomic mass is 9.90. The van der Waals surface area contributed by atoms with Gasteiger partial charge in [-0.25, -0.2) is 0 Å². The summed E-state index contributed by atoms with van der Waals surface area (Å²) in [5.74, 6) is 0.443. The van der Waals surface area contributed by atoms with E-state index in [1.807, 2.05) is 36.1 Å². The molecule has 0 bridgehead atoms. The summed E-state index contributed by atoms with van der Waals surface area (Å²) in [5, 5.41) is 0. The molecule has 2 heterocycles. The van der Waals surface area contributed by atoms with E-state index in [0.29, 0.717) is 32.0 Å². The van der Waals surface area contributed by atoms with Crippen LogP contribution in [0.4, 0.5) is 5.69 Å². The van der Waals surface area contributed by atoms with Crippen LogP contribution in [0.5, 0.6) is 5.75 Å². The van der Waals surface area contributed by atoms with Crippen molar-refractivity contribution in [2.75, 3.05) is 37.7 Å². The van der Waals surface area contributed by atoms with Crippen molar-refractivity contribution in [1.82, 2.24) is 4.90 Å². The zero-order valence-electron chi connectivity index (χ0n) is 15.0. The number of carbonyl (C=O) groups excluding carboxylic acids is 2. The Morgan fingerprint density at radius 1 is 1.40 bits per heavy atom. The van der Waals surface area contributed by atoms with Gasteiger partial charge in [-0.3, -0.25) is 9.59 Å². The van der Waals surface area contributed by atoms with Crippen molar-refractivity contribution in [3.63, 3.8) is 0 Å². The Kier molecular flexibility index (Phi) is 4.99. The van der Waals surface area contributed by atoms with Crippen molar-refractivity contribution in [3.05, 3.63) is 24.3 Å². The molecule has 0 spiro atoms. The van der Waals surface area contributed by atoms with Gasteiger partial charge in [0, 0.05) is 26.1 Å². The van der Waals surface area contributed by atoms with Crippen molar-refractivity contribution in [1.29, 1.82) is 0 Å². The molecule has 2 fully saturated rings. The third-order valence-electron chi connectivity index (χ3n) is 5.29. The van der Waals surface area contributed by atoms with Crippen molar-refractivity contribution >= 4 is 17.5 Å². The standard InChI is InChI=1S/C19H27N3O3/c1-3-25-16-7-5-4-6-15(16)22-11-14(10-17(22)23)18(24)21-9-8-19(2,12-20)13-21/h4-7,14H,3,8-13,20H2,1-2H3. The fraction of sp³-hybridized carbons (Fsp3) is 0.579. The van der Waals surface area contributed by atoms with Crippen LogP contribution in [-0.2, 0) is 9.59 Å². The highest BCUT2D eigenvalue weighted by atomic mass is 16.5. The van der Waals surface area contributed by atoms with E-state index in [9.17, 15) is 9.59 Å². The zero-order chi connectivity index (χ0) is 18.0. The van der Waals surface area contributed by atoms with Gasteiger partial charge >= 0.3 is 0 Å². The maximum Gasteiger partial charge on any atom is 0.228 e. The third-order valence-corrected chi connectivity index (χ3v) is 5.29. The number of para-hydroxylation sites is 2. The molecule has 2 saturated heterocycles. The number of rotatable bonds is 5. The molecule has 25 heavy (non-hydrogen) atoms. The van der Waals surface area contributed by atoms with E-state index in [2.05, 4.69) is 6.92 Å². The highest BCUT2D eigenvalue weighted by Crippen LogP contribution is 2.35. The first-order valence-electron chi connectivity index (χ1n) is 8.98. The third kappa shape index (κ3) is 3.49. The first-order valence-corrected chi connectivity index (χ1v) is 8.98. The van der Waals surface area contributed by atoms with Gasteiger partial charge in [0.05, 0.1) is 18.2 Å². The normalized spacial score (nSPS) is 26.4. The van der Waals surface area contributed by atoms with Gasteiger partial charge in [-0.1, -0.05) is 19.1 Å². The number of amides is 2. The maximum absolute atomic E-state index is 12.9. The summed E-state index contributed by atoms with van der Waals surface area (Å²) >= 11 is 0. The van der Waals surface area contributed by atoms with Gasteiger partial charge in [-0.2, -0.15) is 0 Å². The van der Waals surface area contributed by atoms with Crippen LogP contribution < -0.4 is 15.4 Å². The second kappa shape index (κ2) is 7.04. The van der Waals surface area contributed by atoms with Crippen LogP contribution >= 0.6 is 0 Å². The summed E-state index contributed by atoms with van der Waals surface area (Å²) in [7, 11) is 0. The van der Waals surface area contributed by atoms with Gasteiger partial charge in [-0.15, -0.1) is 0 Å². The second-order valence-electron chi connectivity index (χ2n) is 7.33. The quantitative estimate of drug-likeness (QED) is 0.880. The monoisotopic (exact) mass is 345 g/mol. The number of likely N-dealkylation sites (tertiary alicyclic amines) is 1. The van der Waals surface area contributed by atoms with Gasteiger partial charge < -0.3 is 20.3 Å². The predicted octanol–water partition coefficient (Wildman–Crippen LogP) is 1.64. The van der Waals surface area contributed by atoms with E-state index < -0.39 is 0 Å². The zero-order valence-corrected chi connectivity index (χ0v) is 15.0. The molecule has 0 aliphatic carbocycles. The minimum atomic E-state index is -0.290. The van der Waals surface area contributed by atoms with Gasteiger partial charge in [0.2, 0.25) is 11.8 Å². The highest BCUT2D eigenvalue weighted by Gasteiger charge is 2.42. The minimum Gasteiger partial charge on any atom is -0.492 e. The Labute approximate surface area is 148 Å². The lowest BCUT2D eigenvalue weighted by Gasteiger charge is -2.25. The van der Waals surface area contributed by atoms with Crippen LogP contribution in [0.1, 0.15) is 26.7 Å². The molecule has 0 aromatic heterocycles. The van der Waals surface area contributed by atoms with Gasteiger partial charge in [0.15, 0.2) is 0 Å². The average Bonchev–Trinajstić information content (AvgIpc) is 3.19. The number of nitrogens with two attached hydrogens (primary N) is 1. The van der Waals surface area contributed by atoms with Crippen LogP contribution in [0.2, 0.25) is 0 Å². The Morgan fingerprint density at radius 3 is 2.84 bits per heavy atom. The molecular weight excluding hydrogens is 318 g/mol. The number of benzene rings is 1. The molecule has 6 heteroatoms. The van der Waals surface area contributed by atoms with E-state index in [1.54, 1.807) is 4.90 Å². The first-order chi connectivity index (χ1) is 12.0. The van der Waals surface area contributed by atoms with Crippen molar-refractivity contribution in [3.8, 4) is 5.75 Å². The molecular formula is C19H27N3O3. The summed E-state index contributed by atoms with van der Waals surface area (Å²) in [6, 6.07) is 7.49. The van der Waals surface area contributed by atoms with Gasteiger partial charge in [0.25, 0.3) is 0 Å². The number of anilines is 1. The first kappa shape index (κ1) is 17.7. The van der Waals surface area contributed by atoms with E-state index in [1.165, 1.54) is 0 Å². The lowest BCUT2D eigenvalue weighted by molar-refractivity contribution is -0.135. The molecule has 2 amide bonds. The molecule has 6 nitrogen and oxygen atoms in total. The molecule has 2 N–H and O–H groups in total. The lowest BCUT2D eigenvalue weighted by Crippen LogP contribution is -2.38. The van der Waals surface area contributed by atoms with Crippen LogP contribution in [0.3, 0.4) is 0 Å². The molecule has 0 radical (unpaired) electrons. The van der Waals surface area contributed by atoms with E-state index in [-0.39, 0.29) is 29.6 Å². The number of nitrogens with zero attached hydrogens (tertiary/aromatic N) is 2. The van der Waals surface area contributed by atoms with Crippen molar-refractivity contribution < 1.29 is 14.3 Å². The van der Waals surface area contributed by atoms with E-state index in [0.717, 1.165) is 18.7 Å². The Balaban J connectivity index is 1.72. The SMILES string of the molecule is CCOc1ccccc1N1CC(C(=O)N2CCC(C)(CN)C2)CC1=O. The number of hydrogen-bond acceptors (Lipinski definition) is 4. The summed E-state index contributed by atoms with van der Waals surface area (Å²) in [5.41, 5.74) is 6.58. The van der Waals surface area contributed by atoms with Crippen LogP contribution in [-0.4, -0.2) is 49.5 Å². The molecule has 1 aromatic carbocycles. The minimum absolute atomic E-state index is 0.000470. The molecule has 0 saturated carbocycles. The topological polar surface area (TPSA) is 75.9 Å². The molecule has 2 aliphatic rings. The fourth-order valence-corrected chi connectivity index (χ4v) is 3.70. The van der Waals surface area contributed by atoms with Crippen molar-refractivity contribution in [2.45, 2.75) is 26.7 Å². The summed E-state index contributed by atoms with van der Waals surface area (Å²) in [6.07, 6.45) is 1.18. The summed E-state index contributed by atoms with van der Waals surface area (Å²) in [6.45, 7) is 6.97. The number of ether oxygens (including phenoxy) is 1. The van der Waals surface area contributed by atoms with E-state index in [4.69, 9.17) is 10.5 Å². The van der Waals surface area contributed by atoms with Crippen molar-refractivity contribution in [2.24, 2.45) is 17.1 Å². The van der Waals surface area contributed by atoms with E-state index >= 15 is 0 Å². The van der Waals surface area contributed by atoms with Gasteiger partial charge in [-0.05, 0) is 37.4 Å². The highest BCUT2D eigenvalue weighted by molar-refractivity contribution is 6.01. The smallest absolute Gasteiger partial charge is 0.228 e. The van der Waals surface area contributed by atoms with Crippen LogP contribution in [0.25, 0.3) is 0 Å². The maximum atomic E-state index is 12.9. The average molecular weight is 345 g/mol. The largest absolute Gasteiger partial charge is 0.492 e. The Morgan fingerprint density at radius 2 is 2.16 bits per heavy atom. The molecule has 1 aromatic rings. The molecule has 2 aliphatic heterocycles. The summed E-state index contributed by atoms with van der Waals surface area (Å²) < 4.78 is 5.63. The van der Waals surface area contributed by atoms with Gasteiger partial charge in [0.1, 0.15) is 5.75 Å². The molecule has 3 rings (SSSR count). The number of carbonyl (C=O) groups is 2. The summed E-state index contributed by atoms with van der Waals surface area (Å²) in [4.78, 5) is 28.9. The Bertz CT molecular complexity index is 663. The number of hydrogen-bond donors (Lipinski definition) is 1. The fourth-order valence-electron chi connectivity index (χ4n) is 3.70. The Hall–Kier alpha value is -2.08. The van der Waals surface area contributed by atoms with Crippen LogP contribution in [0.15, 0.2) is 24.3 Å². The molecule has 136 valence electrons. The molecule has 2 unspecified atom stereocenters. The molecule has 2 atom stereocenters. The van der Waals surface area contributed by atoms with Crippen LogP contribution in [0, 0.1) is 11.3 Å². The predicted molar refractivity (Wildman–Crippen MR) is 96.4 cm³/mol.